The number of ether oxygens (including phenoxy) is 1. The van der Waals surface area contributed by atoms with E-state index in [1.807, 2.05) is 12.1 Å². The molecule has 2 fully saturated rings. The SMILES string of the molecule is COc1ccc2c(c1)nc(CCCl)n2C(C1CC1)C1CC1. The standard InChI is InChI=1S/C17H21ClN2O/c1-21-13-6-7-15-14(10-13)19-16(8-9-18)20(15)17(11-2-3-11)12-4-5-12/h6-7,10-12,17H,2-5,8-9H2,1H3. The molecule has 0 bridgehead atoms. The minimum atomic E-state index is 0.627. The highest BCUT2D eigenvalue weighted by atomic mass is 35.5. The molecule has 1 aromatic carbocycles. The van der Waals surface area contributed by atoms with Crippen molar-refractivity contribution in [1.29, 1.82) is 0 Å². The first-order valence-corrected chi connectivity index (χ1v) is 8.46. The lowest BCUT2D eigenvalue weighted by atomic mass is 10.1. The van der Waals surface area contributed by atoms with Crippen molar-refractivity contribution in [2.24, 2.45) is 11.8 Å². The largest absolute Gasteiger partial charge is 0.497 e. The Bertz CT molecular complexity index is 646. The minimum Gasteiger partial charge on any atom is -0.497 e. The lowest BCUT2D eigenvalue weighted by molar-refractivity contribution is 0.393. The Morgan fingerprint density at radius 2 is 2.00 bits per heavy atom. The van der Waals surface area contributed by atoms with Crippen LogP contribution in [0.2, 0.25) is 0 Å². The summed E-state index contributed by atoms with van der Waals surface area (Å²) in [5.74, 6) is 4.36. The van der Waals surface area contributed by atoms with Gasteiger partial charge in [0.05, 0.1) is 18.1 Å². The van der Waals surface area contributed by atoms with Crippen LogP contribution in [0.5, 0.6) is 5.75 Å². The van der Waals surface area contributed by atoms with E-state index in [9.17, 15) is 0 Å². The molecule has 1 heterocycles. The van der Waals surface area contributed by atoms with E-state index in [1.54, 1.807) is 7.11 Å². The van der Waals surface area contributed by atoms with E-state index >= 15 is 0 Å². The maximum Gasteiger partial charge on any atom is 0.121 e. The van der Waals surface area contributed by atoms with E-state index in [4.69, 9.17) is 21.3 Å². The van der Waals surface area contributed by atoms with Crippen LogP contribution in [0.15, 0.2) is 18.2 Å². The van der Waals surface area contributed by atoms with Gasteiger partial charge < -0.3 is 9.30 Å². The van der Waals surface area contributed by atoms with Gasteiger partial charge in [-0.1, -0.05) is 0 Å². The quantitative estimate of drug-likeness (QED) is 0.748. The van der Waals surface area contributed by atoms with E-state index in [1.165, 1.54) is 31.2 Å². The third-order valence-corrected chi connectivity index (χ3v) is 4.98. The number of rotatable bonds is 6. The summed E-state index contributed by atoms with van der Waals surface area (Å²) in [7, 11) is 1.70. The van der Waals surface area contributed by atoms with Crippen molar-refractivity contribution in [3.63, 3.8) is 0 Å². The van der Waals surface area contributed by atoms with Gasteiger partial charge in [0.1, 0.15) is 11.6 Å². The number of nitrogens with zero attached hydrogens (tertiary/aromatic N) is 2. The smallest absolute Gasteiger partial charge is 0.121 e. The molecule has 0 atom stereocenters. The molecular weight excluding hydrogens is 284 g/mol. The molecule has 2 saturated carbocycles. The lowest BCUT2D eigenvalue weighted by Crippen LogP contribution is -2.16. The van der Waals surface area contributed by atoms with Crippen LogP contribution in [0, 0.1) is 11.8 Å². The molecule has 2 aromatic rings. The zero-order valence-corrected chi connectivity index (χ0v) is 13.1. The number of halogens is 1. The van der Waals surface area contributed by atoms with Gasteiger partial charge in [0.25, 0.3) is 0 Å². The number of imidazole rings is 1. The fourth-order valence-electron chi connectivity index (χ4n) is 3.53. The predicted molar refractivity (Wildman–Crippen MR) is 85.2 cm³/mol. The van der Waals surface area contributed by atoms with E-state index < -0.39 is 0 Å². The van der Waals surface area contributed by atoms with Crippen molar-refractivity contribution >= 4 is 22.6 Å². The number of hydrogen-bond donors (Lipinski definition) is 0. The van der Waals surface area contributed by atoms with Gasteiger partial charge in [-0.15, -0.1) is 11.6 Å². The third-order valence-electron chi connectivity index (χ3n) is 4.80. The van der Waals surface area contributed by atoms with E-state index in [0.29, 0.717) is 11.9 Å². The summed E-state index contributed by atoms with van der Waals surface area (Å²) in [5, 5.41) is 0. The molecule has 1 aromatic heterocycles. The van der Waals surface area contributed by atoms with Crippen LogP contribution in [-0.4, -0.2) is 22.5 Å². The number of fused-ring (bicyclic) bond motifs is 1. The highest BCUT2D eigenvalue weighted by Gasteiger charge is 2.43. The average molecular weight is 305 g/mol. The van der Waals surface area contributed by atoms with E-state index in [2.05, 4.69) is 10.6 Å². The normalized spacial score (nSPS) is 18.6. The molecule has 21 heavy (non-hydrogen) atoms. The number of methoxy groups -OCH3 is 1. The van der Waals surface area contributed by atoms with E-state index in [0.717, 1.165) is 35.3 Å². The predicted octanol–water partition coefficient (Wildman–Crippen LogP) is 4.19. The maximum absolute atomic E-state index is 6.01. The second-order valence-corrected chi connectivity index (χ2v) is 6.74. The molecule has 0 saturated heterocycles. The molecule has 0 amide bonds. The molecular formula is C17H21ClN2O. The Kier molecular flexibility index (Phi) is 3.33. The summed E-state index contributed by atoms with van der Waals surface area (Å²) in [4.78, 5) is 4.85. The number of hydrogen-bond acceptors (Lipinski definition) is 2. The van der Waals surface area contributed by atoms with Crippen LogP contribution in [0.3, 0.4) is 0 Å². The maximum atomic E-state index is 6.01. The monoisotopic (exact) mass is 304 g/mol. The summed E-state index contributed by atoms with van der Waals surface area (Å²) in [5.41, 5.74) is 2.29. The van der Waals surface area contributed by atoms with Gasteiger partial charge in [-0.3, -0.25) is 0 Å². The van der Waals surface area contributed by atoms with Crippen LogP contribution in [0.4, 0.5) is 0 Å². The summed E-state index contributed by atoms with van der Waals surface area (Å²) in [6.07, 6.45) is 6.33. The summed E-state index contributed by atoms with van der Waals surface area (Å²) >= 11 is 6.01. The second-order valence-electron chi connectivity index (χ2n) is 6.36. The second kappa shape index (κ2) is 5.20. The number of aryl methyl sites for hydroxylation is 1. The van der Waals surface area contributed by atoms with Gasteiger partial charge in [-0.2, -0.15) is 0 Å². The Hall–Kier alpha value is -1.22. The average Bonchev–Trinajstić information content (AvgIpc) is 3.39. The van der Waals surface area contributed by atoms with Crippen molar-refractivity contribution < 1.29 is 4.74 Å². The first kappa shape index (κ1) is 13.4. The zero-order chi connectivity index (χ0) is 14.4. The van der Waals surface area contributed by atoms with Crippen molar-refractivity contribution in [2.75, 3.05) is 13.0 Å². The first-order valence-electron chi connectivity index (χ1n) is 7.92. The molecule has 4 heteroatoms. The Morgan fingerprint density at radius 1 is 1.29 bits per heavy atom. The fraction of sp³-hybridized carbons (Fsp3) is 0.588. The Morgan fingerprint density at radius 3 is 2.57 bits per heavy atom. The van der Waals surface area contributed by atoms with Gasteiger partial charge in [0.2, 0.25) is 0 Å². The molecule has 0 spiro atoms. The van der Waals surface area contributed by atoms with Crippen molar-refractivity contribution in [3.05, 3.63) is 24.0 Å². The molecule has 0 radical (unpaired) electrons. The van der Waals surface area contributed by atoms with Crippen LogP contribution in [0.25, 0.3) is 11.0 Å². The zero-order valence-electron chi connectivity index (χ0n) is 12.4. The molecule has 0 aliphatic heterocycles. The van der Waals surface area contributed by atoms with Crippen molar-refractivity contribution in [2.45, 2.75) is 38.1 Å². The fourth-order valence-corrected chi connectivity index (χ4v) is 3.70. The van der Waals surface area contributed by atoms with Crippen LogP contribution in [-0.2, 0) is 6.42 Å². The summed E-state index contributed by atoms with van der Waals surface area (Å²) < 4.78 is 7.84. The first-order chi connectivity index (χ1) is 10.3. The van der Waals surface area contributed by atoms with Crippen molar-refractivity contribution in [1.82, 2.24) is 9.55 Å². The van der Waals surface area contributed by atoms with Gasteiger partial charge in [-0.25, -0.2) is 4.98 Å². The highest BCUT2D eigenvalue weighted by Crippen LogP contribution is 2.53. The highest BCUT2D eigenvalue weighted by molar-refractivity contribution is 6.17. The number of aromatic nitrogens is 2. The van der Waals surface area contributed by atoms with Crippen LogP contribution >= 0.6 is 11.6 Å². The molecule has 3 nitrogen and oxygen atoms in total. The van der Waals surface area contributed by atoms with Crippen LogP contribution < -0.4 is 4.74 Å². The summed E-state index contributed by atoms with van der Waals surface area (Å²) in [6.45, 7) is 0. The molecule has 112 valence electrons. The lowest BCUT2D eigenvalue weighted by Gasteiger charge is -2.21. The van der Waals surface area contributed by atoms with Gasteiger partial charge in [0.15, 0.2) is 0 Å². The minimum absolute atomic E-state index is 0.627. The van der Waals surface area contributed by atoms with E-state index in [-0.39, 0.29) is 0 Å². The number of benzene rings is 1. The van der Waals surface area contributed by atoms with Gasteiger partial charge in [0, 0.05) is 24.4 Å². The molecule has 2 aliphatic carbocycles. The molecule has 4 rings (SSSR count). The molecule has 2 aliphatic rings. The summed E-state index contributed by atoms with van der Waals surface area (Å²) in [6, 6.07) is 6.89. The molecule has 0 unspecified atom stereocenters. The molecule has 0 N–H and O–H groups in total. The Balaban J connectivity index is 1.85. The Labute approximate surface area is 130 Å². The van der Waals surface area contributed by atoms with Crippen LogP contribution in [0.1, 0.15) is 37.5 Å². The van der Waals surface area contributed by atoms with Gasteiger partial charge in [-0.05, 0) is 49.7 Å². The topological polar surface area (TPSA) is 27.1 Å². The number of alkyl halides is 1. The van der Waals surface area contributed by atoms with Crippen molar-refractivity contribution in [3.8, 4) is 5.75 Å². The third kappa shape index (κ3) is 2.42. The van der Waals surface area contributed by atoms with Gasteiger partial charge >= 0.3 is 0 Å².